The van der Waals surface area contributed by atoms with E-state index >= 15 is 0 Å². The van der Waals surface area contributed by atoms with Crippen LogP contribution in [0.3, 0.4) is 0 Å². The van der Waals surface area contributed by atoms with E-state index in [9.17, 15) is 4.79 Å². The van der Waals surface area contributed by atoms with E-state index in [1.807, 2.05) is 0 Å². The first-order chi connectivity index (χ1) is 6.09. The molecule has 0 aliphatic carbocycles. The van der Waals surface area contributed by atoms with Gasteiger partial charge in [-0.1, -0.05) is 0 Å². The highest BCUT2D eigenvalue weighted by atomic mass is 16.1. The highest BCUT2D eigenvalue weighted by molar-refractivity contribution is 5.84. The lowest BCUT2D eigenvalue weighted by Gasteiger charge is -2.36. The maximum Gasteiger partial charge on any atom is 0.151 e. The molecule has 0 amide bonds. The molecule has 0 aromatic rings. The molecule has 1 saturated heterocycles. The van der Waals surface area contributed by atoms with Crippen molar-refractivity contribution in [1.82, 2.24) is 9.80 Å². The van der Waals surface area contributed by atoms with Gasteiger partial charge in [-0.05, 0) is 13.8 Å². The molecule has 1 fully saturated rings. The first-order valence-corrected chi connectivity index (χ1v) is 4.84. The Labute approximate surface area is 80.7 Å². The van der Waals surface area contributed by atoms with Crippen LogP contribution in [0, 0.1) is 6.92 Å². The van der Waals surface area contributed by atoms with Crippen molar-refractivity contribution in [2.45, 2.75) is 19.9 Å². The molecule has 13 heavy (non-hydrogen) atoms. The molecule has 1 heterocycles. The largest absolute Gasteiger partial charge is 0.298 e. The maximum atomic E-state index is 10.6. The molecule has 0 unspecified atom stereocenters. The summed E-state index contributed by atoms with van der Waals surface area (Å²) in [6.45, 7) is 13.9. The van der Waals surface area contributed by atoms with Crippen LogP contribution in [0.1, 0.15) is 13.8 Å². The Hall–Kier alpha value is -0.410. The molecular formula is C10H18N2O. The zero-order valence-electron chi connectivity index (χ0n) is 8.49. The highest BCUT2D eigenvalue weighted by Gasteiger charge is 2.18. The molecule has 2 radical (unpaired) electrons. The Morgan fingerprint density at radius 3 is 2.23 bits per heavy atom. The van der Waals surface area contributed by atoms with Gasteiger partial charge in [-0.15, -0.1) is 0 Å². The van der Waals surface area contributed by atoms with Gasteiger partial charge in [-0.2, -0.15) is 0 Å². The molecule has 3 nitrogen and oxygen atoms in total. The normalized spacial score (nSPS) is 20.9. The summed E-state index contributed by atoms with van der Waals surface area (Å²) in [5.41, 5.74) is 0. The molecule has 0 atom stereocenters. The quantitative estimate of drug-likeness (QED) is 0.627. The second-order valence-electron chi connectivity index (χ2n) is 3.87. The van der Waals surface area contributed by atoms with Gasteiger partial charge in [0.1, 0.15) is 0 Å². The van der Waals surface area contributed by atoms with Gasteiger partial charge in [0.25, 0.3) is 0 Å². The third-order valence-electron chi connectivity index (χ3n) is 2.52. The number of rotatable bonds is 3. The van der Waals surface area contributed by atoms with Crippen molar-refractivity contribution < 1.29 is 4.79 Å². The SMILES string of the molecule is [CH]C(=O)CN1CCN(C(C)C)CC1. The van der Waals surface area contributed by atoms with E-state index in [4.69, 9.17) is 6.92 Å². The predicted octanol–water partition coefficient (Wildman–Crippen LogP) is 0.293. The maximum absolute atomic E-state index is 10.6. The Kier molecular flexibility index (Phi) is 3.88. The molecule has 0 saturated carbocycles. The molecule has 3 heteroatoms. The van der Waals surface area contributed by atoms with E-state index in [-0.39, 0.29) is 5.78 Å². The van der Waals surface area contributed by atoms with Crippen molar-refractivity contribution >= 4 is 5.78 Å². The van der Waals surface area contributed by atoms with Crippen LogP contribution in [0.4, 0.5) is 0 Å². The topological polar surface area (TPSA) is 23.6 Å². The minimum atomic E-state index is -0.224. The fourth-order valence-electron chi connectivity index (χ4n) is 1.66. The average Bonchev–Trinajstić information content (AvgIpc) is 2.04. The first kappa shape index (κ1) is 10.7. The second kappa shape index (κ2) is 4.72. The minimum absolute atomic E-state index is 0.224. The Morgan fingerprint density at radius 1 is 1.31 bits per heavy atom. The summed E-state index contributed by atoms with van der Waals surface area (Å²) >= 11 is 0. The minimum Gasteiger partial charge on any atom is -0.298 e. The van der Waals surface area contributed by atoms with E-state index in [1.54, 1.807) is 0 Å². The van der Waals surface area contributed by atoms with Crippen LogP contribution in [0.25, 0.3) is 0 Å². The standard InChI is InChI=1S/C10H18N2O/c1-9(2)12-6-4-11(5-7-12)8-10(3)13/h3,9H,4-8H2,1-2H3. The lowest BCUT2D eigenvalue weighted by Crippen LogP contribution is -2.49. The van der Waals surface area contributed by atoms with Gasteiger partial charge >= 0.3 is 0 Å². The Bertz CT molecular complexity index is 172. The van der Waals surface area contributed by atoms with Gasteiger partial charge in [-0.25, -0.2) is 0 Å². The predicted molar refractivity (Wildman–Crippen MR) is 52.5 cm³/mol. The molecule has 74 valence electrons. The number of Topliss-reactive ketones (excluding diaryl/α,β-unsaturated/α-hetero) is 1. The molecule has 0 N–H and O–H groups in total. The van der Waals surface area contributed by atoms with Gasteiger partial charge in [0.2, 0.25) is 0 Å². The third-order valence-corrected chi connectivity index (χ3v) is 2.52. The fraction of sp³-hybridized carbons (Fsp3) is 0.800. The van der Waals surface area contributed by atoms with E-state index in [0.717, 1.165) is 26.2 Å². The summed E-state index contributed by atoms with van der Waals surface area (Å²) in [5.74, 6) is -0.224. The summed E-state index contributed by atoms with van der Waals surface area (Å²) in [5, 5.41) is 0. The monoisotopic (exact) mass is 182 g/mol. The van der Waals surface area contributed by atoms with Crippen molar-refractivity contribution in [3.05, 3.63) is 6.92 Å². The summed E-state index contributed by atoms with van der Waals surface area (Å²) in [6.07, 6.45) is 0. The third kappa shape index (κ3) is 3.44. The molecule has 1 aliphatic heterocycles. The zero-order chi connectivity index (χ0) is 9.84. The zero-order valence-corrected chi connectivity index (χ0v) is 8.49. The molecule has 0 aromatic carbocycles. The average molecular weight is 182 g/mol. The number of ketones is 1. The first-order valence-electron chi connectivity index (χ1n) is 4.84. The van der Waals surface area contributed by atoms with Crippen molar-refractivity contribution in [3.8, 4) is 0 Å². The van der Waals surface area contributed by atoms with Crippen LogP contribution >= 0.6 is 0 Å². The number of hydrogen-bond donors (Lipinski definition) is 0. The molecular weight excluding hydrogens is 164 g/mol. The second-order valence-corrected chi connectivity index (χ2v) is 3.87. The van der Waals surface area contributed by atoms with E-state index in [0.29, 0.717) is 12.6 Å². The van der Waals surface area contributed by atoms with Crippen LogP contribution in [-0.2, 0) is 4.79 Å². The number of carbonyl (C=O) groups excluding carboxylic acids is 1. The van der Waals surface area contributed by atoms with Crippen LogP contribution in [0.5, 0.6) is 0 Å². The van der Waals surface area contributed by atoms with Crippen molar-refractivity contribution in [1.29, 1.82) is 0 Å². The lowest BCUT2D eigenvalue weighted by molar-refractivity contribution is -0.116. The van der Waals surface area contributed by atoms with Crippen LogP contribution in [0.15, 0.2) is 0 Å². The van der Waals surface area contributed by atoms with Gasteiger partial charge < -0.3 is 0 Å². The smallest absolute Gasteiger partial charge is 0.151 e. The number of hydrogen-bond acceptors (Lipinski definition) is 3. The van der Waals surface area contributed by atoms with Crippen LogP contribution in [-0.4, -0.2) is 54.3 Å². The Morgan fingerprint density at radius 2 is 1.85 bits per heavy atom. The lowest BCUT2D eigenvalue weighted by atomic mass is 10.2. The summed E-state index contributed by atoms with van der Waals surface area (Å²) in [7, 11) is 0. The molecule has 0 spiro atoms. The molecule has 1 rings (SSSR count). The van der Waals surface area contributed by atoms with Gasteiger partial charge in [0.05, 0.1) is 6.54 Å². The van der Waals surface area contributed by atoms with Crippen molar-refractivity contribution in [2.24, 2.45) is 0 Å². The summed E-state index contributed by atoms with van der Waals surface area (Å²) < 4.78 is 0. The van der Waals surface area contributed by atoms with E-state index in [1.165, 1.54) is 0 Å². The van der Waals surface area contributed by atoms with E-state index < -0.39 is 0 Å². The fourth-order valence-corrected chi connectivity index (χ4v) is 1.66. The van der Waals surface area contributed by atoms with Crippen molar-refractivity contribution in [3.63, 3.8) is 0 Å². The van der Waals surface area contributed by atoms with Gasteiger partial charge in [-0.3, -0.25) is 14.6 Å². The summed E-state index contributed by atoms with van der Waals surface area (Å²) in [6, 6.07) is 0.607. The number of nitrogens with zero attached hydrogens (tertiary/aromatic N) is 2. The van der Waals surface area contributed by atoms with Crippen LogP contribution in [0.2, 0.25) is 0 Å². The molecule has 0 bridgehead atoms. The van der Waals surface area contributed by atoms with E-state index in [2.05, 4.69) is 23.6 Å². The molecule has 1 aliphatic rings. The van der Waals surface area contributed by atoms with Crippen LogP contribution < -0.4 is 0 Å². The van der Waals surface area contributed by atoms with Crippen molar-refractivity contribution in [2.75, 3.05) is 32.7 Å². The highest BCUT2D eigenvalue weighted by Crippen LogP contribution is 2.05. The van der Waals surface area contributed by atoms with Gasteiger partial charge in [0.15, 0.2) is 5.78 Å². The Balaban J connectivity index is 2.26. The van der Waals surface area contributed by atoms with Gasteiger partial charge in [0, 0.05) is 39.1 Å². The molecule has 0 aromatic heterocycles. The number of piperazine rings is 1. The summed E-state index contributed by atoms with van der Waals surface area (Å²) in [4.78, 5) is 15.2. The number of carbonyl (C=O) groups is 1.